The van der Waals surface area contributed by atoms with Crippen LogP contribution in [0.15, 0.2) is 75.9 Å². The molecule has 1 aromatic heterocycles. The molecule has 1 amide bonds. The minimum Gasteiger partial charge on any atom is -0.278 e. The summed E-state index contributed by atoms with van der Waals surface area (Å²) in [5, 5.41) is 0.430. The van der Waals surface area contributed by atoms with Crippen molar-refractivity contribution in [3.05, 3.63) is 66.5 Å². The van der Waals surface area contributed by atoms with Gasteiger partial charge in [-0.3, -0.25) is 9.69 Å². The van der Waals surface area contributed by atoms with E-state index in [1.165, 1.54) is 22.7 Å². The van der Waals surface area contributed by atoms with E-state index in [0.717, 1.165) is 28.8 Å². The number of halogens is 3. The van der Waals surface area contributed by atoms with Crippen LogP contribution in [0.5, 0.6) is 0 Å². The molecule has 2 aromatic carbocycles. The molecule has 3 aromatic rings. The lowest BCUT2D eigenvalue weighted by Crippen LogP contribution is -2.30. The predicted octanol–water partition coefficient (Wildman–Crippen LogP) is 5.42. The first kappa shape index (κ1) is 18.8. The minimum atomic E-state index is -4.49. The molecule has 0 spiro atoms. The number of hydrogen-bond acceptors (Lipinski definition) is 5. The summed E-state index contributed by atoms with van der Waals surface area (Å²) in [5.74, 6) is -0.343. The van der Waals surface area contributed by atoms with Gasteiger partial charge in [-0.15, -0.1) is 0 Å². The molecule has 4 nitrogen and oxygen atoms in total. The summed E-state index contributed by atoms with van der Waals surface area (Å²) in [6.07, 6.45) is -1.35. The van der Waals surface area contributed by atoms with Crippen LogP contribution in [0.25, 0.3) is 0 Å². The number of amides is 1. The van der Waals surface area contributed by atoms with Crippen LogP contribution < -0.4 is 4.90 Å². The summed E-state index contributed by atoms with van der Waals surface area (Å²) in [6.45, 7) is 0. The van der Waals surface area contributed by atoms with Crippen molar-refractivity contribution in [3.8, 4) is 0 Å². The third kappa shape index (κ3) is 3.72. The summed E-state index contributed by atoms with van der Waals surface area (Å²) < 4.78 is 39.7. The van der Waals surface area contributed by atoms with Crippen LogP contribution in [-0.2, 0) is 11.0 Å². The Hall–Kier alpha value is -2.52. The molecule has 4 rings (SSSR count). The lowest BCUT2D eigenvalue weighted by Gasteiger charge is -2.31. The van der Waals surface area contributed by atoms with Crippen molar-refractivity contribution in [2.24, 2.45) is 0 Å². The van der Waals surface area contributed by atoms with E-state index in [1.54, 1.807) is 30.6 Å². The number of carbonyl (C=O) groups is 1. The molecule has 1 aliphatic rings. The van der Waals surface area contributed by atoms with E-state index >= 15 is 0 Å². The first-order valence-corrected chi connectivity index (χ1v) is 9.94. The number of alkyl halides is 3. The van der Waals surface area contributed by atoms with Crippen molar-refractivity contribution in [1.82, 2.24) is 9.97 Å². The van der Waals surface area contributed by atoms with E-state index in [4.69, 9.17) is 0 Å². The van der Waals surface area contributed by atoms with Gasteiger partial charge in [0, 0.05) is 22.2 Å². The third-order valence-corrected chi connectivity index (χ3v) is 5.96. The van der Waals surface area contributed by atoms with Crippen molar-refractivity contribution in [2.45, 2.75) is 21.1 Å². The first-order chi connectivity index (χ1) is 13.4. The molecule has 0 bridgehead atoms. The number of fused-ring (bicyclic) bond motifs is 2. The smallest absolute Gasteiger partial charge is 0.278 e. The van der Waals surface area contributed by atoms with Gasteiger partial charge in [-0.2, -0.15) is 13.2 Å². The fraction of sp³-hybridized carbons (Fsp3) is 0.105. The van der Waals surface area contributed by atoms with Gasteiger partial charge in [0.25, 0.3) is 0 Å². The minimum absolute atomic E-state index is 0.00129. The van der Waals surface area contributed by atoms with Gasteiger partial charge in [0.15, 0.2) is 5.16 Å². The maximum absolute atomic E-state index is 13.2. The average Bonchev–Trinajstić information content (AvgIpc) is 2.70. The molecule has 0 N–H and O–H groups in total. The average molecular weight is 419 g/mol. The summed E-state index contributed by atoms with van der Waals surface area (Å²) in [5.41, 5.74) is 0.0140. The molecule has 0 atom stereocenters. The first-order valence-electron chi connectivity index (χ1n) is 8.14. The molecule has 0 fully saturated rings. The number of para-hydroxylation sites is 1. The van der Waals surface area contributed by atoms with E-state index in [0.29, 0.717) is 15.7 Å². The van der Waals surface area contributed by atoms with E-state index in [-0.39, 0.29) is 17.3 Å². The van der Waals surface area contributed by atoms with Crippen molar-refractivity contribution < 1.29 is 18.0 Å². The number of aromatic nitrogens is 2. The standard InChI is InChI=1S/C19H12F3N3OS2/c20-19(21,22)12-6-7-16-14(10-12)25(13-4-1-2-5-15(13)28-16)17(26)11-27-18-23-8-3-9-24-18/h1-10H,11H2. The highest BCUT2D eigenvalue weighted by atomic mass is 32.2. The Labute approximate surface area is 167 Å². The molecule has 28 heavy (non-hydrogen) atoms. The Bertz CT molecular complexity index is 1030. The van der Waals surface area contributed by atoms with Crippen molar-refractivity contribution >= 4 is 40.8 Å². The zero-order valence-electron chi connectivity index (χ0n) is 14.2. The largest absolute Gasteiger partial charge is 0.416 e. The molecule has 0 radical (unpaired) electrons. The maximum atomic E-state index is 13.2. The molecule has 0 unspecified atom stereocenters. The van der Waals surface area contributed by atoms with Crippen LogP contribution in [0.1, 0.15) is 5.56 Å². The number of anilines is 2. The number of hydrogen-bond donors (Lipinski definition) is 0. The molecule has 0 saturated heterocycles. The topological polar surface area (TPSA) is 46.1 Å². The van der Waals surface area contributed by atoms with Crippen LogP contribution in [0.4, 0.5) is 24.5 Å². The Morgan fingerprint density at radius 3 is 2.46 bits per heavy atom. The molecular formula is C19H12F3N3OS2. The Kier molecular flexibility index (Phi) is 5.03. The van der Waals surface area contributed by atoms with Gasteiger partial charge in [-0.05, 0) is 36.4 Å². The summed E-state index contributed by atoms with van der Waals surface area (Å²) in [6, 6.07) is 12.3. The summed E-state index contributed by atoms with van der Waals surface area (Å²) in [7, 11) is 0. The Balaban J connectivity index is 1.72. The second-order valence-corrected chi connectivity index (χ2v) is 7.83. The molecule has 0 saturated carbocycles. The zero-order chi connectivity index (χ0) is 19.7. The van der Waals surface area contributed by atoms with Crippen molar-refractivity contribution in [3.63, 3.8) is 0 Å². The van der Waals surface area contributed by atoms with Crippen molar-refractivity contribution in [1.29, 1.82) is 0 Å². The van der Waals surface area contributed by atoms with Crippen LogP contribution in [0, 0.1) is 0 Å². The number of rotatable bonds is 3. The SMILES string of the molecule is O=C(CSc1ncccn1)N1c2ccccc2Sc2ccc(C(F)(F)F)cc21. The van der Waals surface area contributed by atoms with E-state index in [2.05, 4.69) is 9.97 Å². The molecule has 0 aliphatic carbocycles. The number of thioether (sulfide) groups is 1. The predicted molar refractivity (Wildman–Crippen MR) is 102 cm³/mol. The Morgan fingerprint density at radius 2 is 1.71 bits per heavy atom. The molecule has 9 heteroatoms. The monoisotopic (exact) mass is 419 g/mol. The Morgan fingerprint density at radius 1 is 1.00 bits per heavy atom. The van der Waals surface area contributed by atoms with Crippen LogP contribution in [-0.4, -0.2) is 21.6 Å². The normalized spacial score (nSPS) is 13.0. The van der Waals surface area contributed by atoms with E-state index < -0.39 is 11.7 Å². The van der Waals surface area contributed by atoms with Crippen LogP contribution in [0.2, 0.25) is 0 Å². The van der Waals surface area contributed by atoms with Gasteiger partial charge in [-0.25, -0.2) is 9.97 Å². The second-order valence-electron chi connectivity index (χ2n) is 5.80. The van der Waals surface area contributed by atoms with Crippen molar-refractivity contribution in [2.75, 3.05) is 10.7 Å². The molecular weight excluding hydrogens is 407 g/mol. The molecule has 142 valence electrons. The zero-order valence-corrected chi connectivity index (χ0v) is 15.8. The number of carbonyl (C=O) groups excluding carboxylic acids is 1. The summed E-state index contributed by atoms with van der Waals surface area (Å²) >= 11 is 2.48. The van der Waals surface area contributed by atoms with E-state index in [9.17, 15) is 18.0 Å². The van der Waals surface area contributed by atoms with Gasteiger partial charge in [0.1, 0.15) is 0 Å². The van der Waals surface area contributed by atoms with Crippen LogP contribution in [0.3, 0.4) is 0 Å². The third-order valence-electron chi connectivity index (χ3n) is 3.97. The highest BCUT2D eigenvalue weighted by Gasteiger charge is 2.34. The highest BCUT2D eigenvalue weighted by Crippen LogP contribution is 2.49. The van der Waals surface area contributed by atoms with Gasteiger partial charge in [-0.1, -0.05) is 35.7 Å². The lowest BCUT2D eigenvalue weighted by atomic mass is 10.1. The number of nitrogens with zero attached hydrogens (tertiary/aromatic N) is 3. The van der Waals surface area contributed by atoms with E-state index in [1.807, 2.05) is 12.1 Å². The van der Waals surface area contributed by atoms with Gasteiger partial charge in [0.05, 0.1) is 22.7 Å². The second kappa shape index (κ2) is 7.48. The highest BCUT2D eigenvalue weighted by molar-refractivity contribution is 8.00. The fourth-order valence-electron chi connectivity index (χ4n) is 2.75. The maximum Gasteiger partial charge on any atom is 0.416 e. The fourth-order valence-corrected chi connectivity index (χ4v) is 4.44. The van der Waals surface area contributed by atoms with Crippen LogP contribution >= 0.6 is 23.5 Å². The van der Waals surface area contributed by atoms with Gasteiger partial charge >= 0.3 is 6.18 Å². The van der Waals surface area contributed by atoms with Gasteiger partial charge < -0.3 is 0 Å². The van der Waals surface area contributed by atoms with Gasteiger partial charge in [0.2, 0.25) is 5.91 Å². The lowest BCUT2D eigenvalue weighted by molar-refractivity contribution is -0.137. The number of benzene rings is 2. The molecule has 1 aliphatic heterocycles. The quantitative estimate of drug-likeness (QED) is 0.419. The summed E-state index contributed by atoms with van der Waals surface area (Å²) in [4.78, 5) is 23.9. The molecule has 2 heterocycles.